The number of fused-ring (bicyclic) bond motifs is 1. The summed E-state index contributed by atoms with van der Waals surface area (Å²) in [6.45, 7) is 2.13. The molecule has 1 atom stereocenters. The van der Waals surface area contributed by atoms with Crippen LogP contribution in [0.4, 0.5) is 0 Å². The summed E-state index contributed by atoms with van der Waals surface area (Å²) in [5.41, 5.74) is 6.23. The highest BCUT2D eigenvalue weighted by atomic mass is 35.5. The predicted octanol–water partition coefficient (Wildman–Crippen LogP) is 2.59. The maximum absolute atomic E-state index is 12.7. The molecule has 3 rings (SSSR count). The van der Waals surface area contributed by atoms with Gasteiger partial charge in [0, 0.05) is 25.7 Å². The summed E-state index contributed by atoms with van der Waals surface area (Å²) < 4.78 is 17.3. The molecule has 186 valence electrons. The smallest absolute Gasteiger partial charge is 0.279 e. The highest BCUT2D eigenvalue weighted by Gasteiger charge is 2.25. The monoisotopic (exact) mass is 502 g/mol. The predicted molar refractivity (Wildman–Crippen MR) is 132 cm³/mol. The van der Waals surface area contributed by atoms with Crippen LogP contribution in [0.3, 0.4) is 0 Å². The number of carbonyl (C=O) groups is 2. The molecule has 0 aromatic heterocycles. The van der Waals surface area contributed by atoms with Gasteiger partial charge in [0.15, 0.2) is 5.75 Å². The van der Waals surface area contributed by atoms with Gasteiger partial charge in [-0.25, -0.2) is 0 Å². The van der Waals surface area contributed by atoms with E-state index in [4.69, 9.17) is 31.5 Å². The lowest BCUT2D eigenvalue weighted by Gasteiger charge is -2.16. The lowest BCUT2D eigenvalue weighted by Crippen LogP contribution is -2.27. The Morgan fingerprint density at radius 3 is 2.83 bits per heavy atom. The quantitative estimate of drug-likeness (QED) is 0.370. The number of hydrogen-bond donors (Lipinski definition) is 3. The number of benzene rings is 2. The number of rotatable bonds is 8. The first-order valence-electron chi connectivity index (χ1n) is 10.8. The van der Waals surface area contributed by atoms with Gasteiger partial charge in [-0.05, 0) is 43.5 Å². The third-order valence-electron chi connectivity index (χ3n) is 4.91. The van der Waals surface area contributed by atoms with Crippen molar-refractivity contribution in [2.45, 2.75) is 13.0 Å². The molecule has 0 spiro atoms. The second kappa shape index (κ2) is 11.6. The summed E-state index contributed by atoms with van der Waals surface area (Å²) in [5, 5.41) is 12.2. The van der Waals surface area contributed by atoms with Gasteiger partial charge in [-0.1, -0.05) is 11.6 Å². The first-order chi connectivity index (χ1) is 16.7. The number of hydrogen-bond acceptors (Lipinski definition) is 7. The van der Waals surface area contributed by atoms with E-state index in [-0.39, 0.29) is 58.5 Å². The molecule has 1 heterocycles. The summed E-state index contributed by atoms with van der Waals surface area (Å²) >= 11 is 6.52. The van der Waals surface area contributed by atoms with Crippen molar-refractivity contribution in [2.24, 2.45) is 10.7 Å². The van der Waals surface area contributed by atoms with Gasteiger partial charge in [0.25, 0.3) is 11.8 Å². The van der Waals surface area contributed by atoms with Gasteiger partial charge in [0.1, 0.15) is 40.8 Å². The Morgan fingerprint density at radius 1 is 1.37 bits per heavy atom. The Morgan fingerprint density at radius 2 is 2.11 bits per heavy atom. The van der Waals surface area contributed by atoms with Crippen LogP contribution in [0.5, 0.6) is 23.0 Å². The van der Waals surface area contributed by atoms with Crippen molar-refractivity contribution in [3.63, 3.8) is 0 Å². The third-order valence-corrected chi connectivity index (χ3v) is 5.27. The van der Waals surface area contributed by atoms with E-state index in [1.54, 1.807) is 44.1 Å². The first kappa shape index (κ1) is 25.9. The Labute approximate surface area is 207 Å². The summed E-state index contributed by atoms with van der Waals surface area (Å²) in [6, 6.07) is 7.58. The van der Waals surface area contributed by atoms with Gasteiger partial charge in [0.05, 0.1) is 18.7 Å². The Hall–Kier alpha value is -3.76. The van der Waals surface area contributed by atoms with Crippen LogP contribution in [0.1, 0.15) is 27.6 Å². The number of amidine groups is 1. The third kappa shape index (κ3) is 6.43. The maximum Gasteiger partial charge on any atom is 0.279 e. The zero-order chi connectivity index (χ0) is 25.5. The molecule has 2 amide bonds. The van der Waals surface area contributed by atoms with Crippen LogP contribution in [0, 0.1) is 0 Å². The van der Waals surface area contributed by atoms with Gasteiger partial charge in [-0.2, -0.15) is 4.99 Å². The number of ether oxygens (including phenoxy) is 3. The van der Waals surface area contributed by atoms with E-state index >= 15 is 0 Å². The molecule has 4 N–H and O–H groups in total. The highest BCUT2D eigenvalue weighted by molar-refractivity contribution is 6.34. The van der Waals surface area contributed by atoms with Crippen molar-refractivity contribution in [1.82, 2.24) is 10.2 Å². The molecule has 0 saturated carbocycles. The number of halogens is 1. The van der Waals surface area contributed by atoms with E-state index in [1.165, 1.54) is 24.4 Å². The van der Waals surface area contributed by atoms with Crippen LogP contribution in [-0.2, 0) is 0 Å². The first-order valence-corrected chi connectivity index (χ1v) is 11.1. The molecule has 1 aliphatic rings. The Kier molecular flexibility index (Phi) is 8.56. The molecule has 0 fully saturated rings. The summed E-state index contributed by atoms with van der Waals surface area (Å²) in [6.07, 6.45) is 2.44. The van der Waals surface area contributed by atoms with Gasteiger partial charge >= 0.3 is 0 Å². The highest BCUT2D eigenvalue weighted by Crippen LogP contribution is 2.41. The number of aliphatic hydroxyl groups is 1. The van der Waals surface area contributed by atoms with Crippen molar-refractivity contribution in [3.05, 3.63) is 58.8 Å². The van der Waals surface area contributed by atoms with Crippen LogP contribution in [0.15, 0.2) is 47.6 Å². The molecule has 1 aliphatic heterocycles. The molecular weight excluding hydrogens is 476 g/mol. The largest absolute Gasteiger partial charge is 0.489 e. The normalized spacial score (nSPS) is 14.7. The average Bonchev–Trinajstić information content (AvgIpc) is 2.98. The lowest BCUT2D eigenvalue weighted by atomic mass is 10.1. The number of nitrogens with one attached hydrogen (secondary N) is 1. The van der Waals surface area contributed by atoms with Crippen molar-refractivity contribution < 1.29 is 28.9 Å². The topological polar surface area (TPSA) is 136 Å². The fraction of sp³-hybridized carbons (Fsp3) is 0.292. The molecule has 10 nitrogen and oxygen atoms in total. The lowest BCUT2D eigenvalue weighted by molar-refractivity contribution is 0.0796. The molecule has 2 aromatic rings. The minimum Gasteiger partial charge on any atom is -0.489 e. The Balaban J connectivity index is 1.98. The van der Waals surface area contributed by atoms with E-state index in [2.05, 4.69) is 10.3 Å². The molecule has 0 radical (unpaired) electrons. The molecule has 1 unspecified atom stereocenters. The molecule has 0 saturated heterocycles. The van der Waals surface area contributed by atoms with E-state index < -0.39 is 12.0 Å². The van der Waals surface area contributed by atoms with Crippen molar-refractivity contribution in [3.8, 4) is 23.0 Å². The summed E-state index contributed by atoms with van der Waals surface area (Å²) in [7, 11) is 3.37. The molecular formula is C24H27ClN4O6. The second-order valence-electron chi connectivity index (χ2n) is 7.70. The number of aliphatic hydroxyl groups excluding tert-OH is 1. The van der Waals surface area contributed by atoms with Crippen LogP contribution in [0.25, 0.3) is 0 Å². The number of likely N-dealkylation sites (N-methyl/N-ethyl adjacent to an activating group) is 1. The number of amides is 2. The minimum atomic E-state index is -0.625. The van der Waals surface area contributed by atoms with Crippen LogP contribution >= 0.6 is 11.6 Å². The zero-order valence-electron chi connectivity index (χ0n) is 19.6. The standard InChI is InChI=1S/C24H27ClN4O6/c1-14(13-30)34-16-10-15(23(31)28-20(26)6-7-27-2)11-17(12-16)35-19-5-4-18-22(21(19)25)33-9-8-29(3)24(18)32/h4-7,10-12,14,27,30H,8-9,13H2,1-3H3,(H2,26,28,31)/b7-6-. The van der Waals surface area contributed by atoms with Gasteiger partial charge < -0.3 is 35.3 Å². The van der Waals surface area contributed by atoms with Crippen molar-refractivity contribution in [2.75, 3.05) is 33.9 Å². The fourth-order valence-electron chi connectivity index (χ4n) is 3.12. The van der Waals surface area contributed by atoms with Crippen molar-refractivity contribution in [1.29, 1.82) is 0 Å². The summed E-state index contributed by atoms with van der Waals surface area (Å²) in [5.74, 6) is 0.0938. The van der Waals surface area contributed by atoms with Gasteiger partial charge in [-0.15, -0.1) is 0 Å². The number of nitrogens with two attached hydrogens (primary N) is 1. The molecule has 2 aromatic carbocycles. The average molecular weight is 503 g/mol. The van der Waals surface area contributed by atoms with Gasteiger partial charge in [-0.3, -0.25) is 9.59 Å². The number of carbonyl (C=O) groups excluding carboxylic acids is 2. The molecule has 35 heavy (non-hydrogen) atoms. The number of nitrogens with zero attached hydrogens (tertiary/aromatic N) is 2. The number of aliphatic imine (C=N–C) groups is 1. The fourth-order valence-corrected chi connectivity index (χ4v) is 3.38. The van der Waals surface area contributed by atoms with Crippen LogP contribution in [-0.4, -0.2) is 67.6 Å². The van der Waals surface area contributed by atoms with E-state index in [9.17, 15) is 14.7 Å². The van der Waals surface area contributed by atoms with Crippen molar-refractivity contribution >= 4 is 29.3 Å². The molecule has 11 heteroatoms. The second-order valence-corrected chi connectivity index (χ2v) is 8.08. The summed E-state index contributed by atoms with van der Waals surface area (Å²) in [4.78, 5) is 30.7. The van der Waals surface area contributed by atoms with Crippen LogP contribution < -0.4 is 25.3 Å². The maximum atomic E-state index is 12.7. The zero-order valence-corrected chi connectivity index (χ0v) is 20.3. The minimum absolute atomic E-state index is 0.00227. The van der Waals surface area contributed by atoms with E-state index in [1.807, 2.05) is 0 Å². The van der Waals surface area contributed by atoms with Gasteiger partial charge in [0.2, 0.25) is 0 Å². The Bertz CT molecular complexity index is 1170. The molecule has 0 aliphatic carbocycles. The van der Waals surface area contributed by atoms with Crippen LogP contribution in [0.2, 0.25) is 5.02 Å². The SMILES string of the molecule is CN/C=C\C(N)=NC(=O)c1cc(Oc2ccc3c(c2Cl)OCCN(C)C3=O)cc(OC(C)CO)c1. The molecule has 0 bridgehead atoms. The van der Waals surface area contributed by atoms with E-state index in [0.29, 0.717) is 12.1 Å². The van der Waals surface area contributed by atoms with E-state index in [0.717, 1.165) is 0 Å².